The van der Waals surface area contributed by atoms with Crippen LogP contribution >= 0.6 is 34.8 Å². The Morgan fingerprint density at radius 2 is 1.83 bits per heavy atom. The molecule has 0 saturated heterocycles. The Kier molecular flexibility index (Phi) is 5.73. The quantitative estimate of drug-likeness (QED) is 0.866. The van der Waals surface area contributed by atoms with Crippen molar-refractivity contribution in [2.45, 2.75) is 19.5 Å². The molecule has 0 aliphatic heterocycles. The highest BCUT2D eigenvalue weighted by Gasteiger charge is 2.16. The molecule has 0 aliphatic carbocycles. The highest BCUT2D eigenvalue weighted by molar-refractivity contribution is 6.44. The van der Waals surface area contributed by atoms with E-state index in [9.17, 15) is 4.79 Å². The van der Waals surface area contributed by atoms with E-state index < -0.39 is 0 Å². The van der Waals surface area contributed by atoms with Crippen molar-refractivity contribution >= 4 is 40.7 Å². The lowest BCUT2D eigenvalue weighted by molar-refractivity contribution is -0.130. The number of nitrogens with one attached hydrogen (secondary N) is 1. The second kappa shape index (κ2) is 6.62. The summed E-state index contributed by atoms with van der Waals surface area (Å²) in [6.07, 6.45) is 0. The molecule has 1 atom stereocenters. The van der Waals surface area contributed by atoms with Gasteiger partial charge in [-0.15, -0.1) is 0 Å². The minimum atomic E-state index is -0.314. The first-order chi connectivity index (χ1) is 8.34. The van der Waals surface area contributed by atoms with E-state index in [0.29, 0.717) is 27.2 Å². The van der Waals surface area contributed by atoms with Crippen molar-refractivity contribution in [3.63, 3.8) is 0 Å². The normalized spacial score (nSPS) is 12.3. The third-order valence-corrected chi connectivity index (χ3v) is 3.73. The van der Waals surface area contributed by atoms with Gasteiger partial charge in [-0.1, -0.05) is 34.8 Å². The van der Waals surface area contributed by atoms with Crippen molar-refractivity contribution in [2.24, 2.45) is 0 Å². The highest BCUT2D eigenvalue weighted by Crippen LogP contribution is 2.31. The van der Waals surface area contributed by atoms with Gasteiger partial charge in [0.15, 0.2) is 0 Å². The second-order valence-electron chi connectivity index (χ2n) is 4.16. The van der Waals surface area contributed by atoms with Crippen molar-refractivity contribution in [1.29, 1.82) is 0 Å². The Morgan fingerprint density at radius 3 is 2.39 bits per heavy atom. The third-order valence-electron chi connectivity index (χ3n) is 2.54. The standard InChI is InChI=1S/C12H15Cl3N2O/c1-7(12(18)17(2)3)16-6-8-9(13)4-5-10(14)11(8)15/h4-5,7,16H,6H2,1-3H3. The first-order valence-corrected chi connectivity index (χ1v) is 6.55. The maximum atomic E-state index is 11.7. The average molecular weight is 310 g/mol. The van der Waals surface area contributed by atoms with Crippen molar-refractivity contribution in [1.82, 2.24) is 10.2 Å². The third kappa shape index (κ3) is 3.75. The highest BCUT2D eigenvalue weighted by atomic mass is 35.5. The van der Waals surface area contributed by atoms with Gasteiger partial charge in [-0.25, -0.2) is 0 Å². The zero-order valence-corrected chi connectivity index (χ0v) is 12.7. The fraction of sp³-hybridized carbons (Fsp3) is 0.417. The van der Waals surface area contributed by atoms with Gasteiger partial charge in [-0.05, 0) is 19.1 Å². The minimum absolute atomic E-state index is 0.00993. The van der Waals surface area contributed by atoms with E-state index in [4.69, 9.17) is 34.8 Å². The molecule has 0 spiro atoms. The summed E-state index contributed by atoms with van der Waals surface area (Å²) in [6, 6.07) is 3.01. The number of likely N-dealkylation sites (N-methyl/N-ethyl adjacent to an activating group) is 1. The van der Waals surface area contributed by atoms with Crippen LogP contribution in [0.3, 0.4) is 0 Å². The average Bonchev–Trinajstić information content (AvgIpc) is 2.32. The zero-order chi connectivity index (χ0) is 13.9. The lowest BCUT2D eigenvalue weighted by atomic mass is 10.2. The SMILES string of the molecule is CC(NCc1c(Cl)ccc(Cl)c1Cl)C(=O)N(C)C. The van der Waals surface area contributed by atoms with Gasteiger partial charge >= 0.3 is 0 Å². The Hall–Kier alpha value is -0.480. The van der Waals surface area contributed by atoms with Crippen molar-refractivity contribution in [2.75, 3.05) is 14.1 Å². The molecule has 0 aliphatic rings. The maximum Gasteiger partial charge on any atom is 0.238 e. The predicted octanol–water partition coefficient (Wildman–Crippen LogP) is 3.21. The smallest absolute Gasteiger partial charge is 0.238 e. The number of nitrogens with zero attached hydrogens (tertiary/aromatic N) is 1. The molecule has 1 rings (SSSR count). The second-order valence-corrected chi connectivity index (χ2v) is 5.35. The molecule has 0 heterocycles. The van der Waals surface area contributed by atoms with Crippen LogP contribution in [0.25, 0.3) is 0 Å². The molecule has 0 aromatic heterocycles. The predicted molar refractivity (Wildman–Crippen MR) is 76.5 cm³/mol. The van der Waals surface area contributed by atoms with E-state index in [1.807, 2.05) is 0 Å². The van der Waals surface area contributed by atoms with Crippen molar-refractivity contribution < 1.29 is 4.79 Å². The maximum absolute atomic E-state index is 11.7. The molecule has 1 unspecified atom stereocenters. The number of hydrogen-bond donors (Lipinski definition) is 1. The van der Waals surface area contributed by atoms with Crippen LogP contribution in [-0.4, -0.2) is 30.9 Å². The van der Waals surface area contributed by atoms with Crippen LogP contribution in [-0.2, 0) is 11.3 Å². The van der Waals surface area contributed by atoms with Crippen LogP contribution in [0.15, 0.2) is 12.1 Å². The summed E-state index contributed by atoms with van der Waals surface area (Å²) in [5.74, 6) is -0.00993. The number of carbonyl (C=O) groups is 1. The van der Waals surface area contributed by atoms with Crippen LogP contribution in [0.5, 0.6) is 0 Å². The first kappa shape index (κ1) is 15.6. The van der Waals surface area contributed by atoms with Crippen LogP contribution < -0.4 is 5.32 Å². The Labute approximate surface area is 122 Å². The molecular formula is C12H15Cl3N2O. The van der Waals surface area contributed by atoms with Gasteiger partial charge in [0.1, 0.15) is 0 Å². The molecule has 1 N–H and O–H groups in total. The summed E-state index contributed by atoms with van der Waals surface area (Å²) in [5.41, 5.74) is 0.698. The Bertz CT molecular complexity index is 449. The lowest BCUT2D eigenvalue weighted by Crippen LogP contribution is -2.41. The van der Waals surface area contributed by atoms with Crippen LogP contribution in [0.2, 0.25) is 15.1 Å². The fourth-order valence-electron chi connectivity index (χ4n) is 1.46. The van der Waals surface area contributed by atoms with Gasteiger partial charge in [0.2, 0.25) is 5.91 Å². The molecule has 1 aromatic carbocycles. The molecular weight excluding hydrogens is 295 g/mol. The number of rotatable bonds is 4. The van der Waals surface area contributed by atoms with E-state index in [-0.39, 0.29) is 11.9 Å². The summed E-state index contributed by atoms with van der Waals surface area (Å²) in [5, 5.41) is 4.47. The summed E-state index contributed by atoms with van der Waals surface area (Å²) in [4.78, 5) is 13.2. The summed E-state index contributed by atoms with van der Waals surface area (Å²) >= 11 is 18.0. The fourth-order valence-corrected chi connectivity index (χ4v) is 2.14. The van der Waals surface area contributed by atoms with E-state index in [1.54, 1.807) is 33.2 Å². The van der Waals surface area contributed by atoms with Crippen LogP contribution in [0, 0.1) is 0 Å². The molecule has 6 heteroatoms. The first-order valence-electron chi connectivity index (χ1n) is 5.41. The summed E-state index contributed by atoms with van der Waals surface area (Å²) in [7, 11) is 3.42. The monoisotopic (exact) mass is 308 g/mol. The van der Waals surface area contributed by atoms with Gasteiger partial charge in [-0.3, -0.25) is 4.79 Å². The van der Waals surface area contributed by atoms with E-state index in [0.717, 1.165) is 0 Å². The molecule has 1 aromatic rings. The largest absolute Gasteiger partial charge is 0.347 e. The molecule has 0 saturated carbocycles. The van der Waals surface area contributed by atoms with Crippen LogP contribution in [0.4, 0.5) is 0 Å². The van der Waals surface area contributed by atoms with E-state index in [2.05, 4.69) is 5.32 Å². The van der Waals surface area contributed by atoms with Gasteiger partial charge in [0.25, 0.3) is 0 Å². The topological polar surface area (TPSA) is 32.3 Å². The summed E-state index contributed by atoms with van der Waals surface area (Å²) in [6.45, 7) is 2.17. The van der Waals surface area contributed by atoms with E-state index in [1.165, 1.54) is 4.90 Å². The molecule has 0 fully saturated rings. The van der Waals surface area contributed by atoms with Crippen molar-refractivity contribution in [3.05, 3.63) is 32.8 Å². The Morgan fingerprint density at radius 1 is 1.28 bits per heavy atom. The van der Waals surface area contributed by atoms with Gasteiger partial charge < -0.3 is 10.2 Å². The summed E-state index contributed by atoms with van der Waals surface area (Å²) < 4.78 is 0. The van der Waals surface area contributed by atoms with Gasteiger partial charge in [0.05, 0.1) is 16.1 Å². The van der Waals surface area contributed by atoms with E-state index >= 15 is 0 Å². The molecule has 0 bridgehead atoms. The number of halogens is 3. The molecule has 0 radical (unpaired) electrons. The number of benzene rings is 1. The minimum Gasteiger partial charge on any atom is -0.347 e. The van der Waals surface area contributed by atoms with Gasteiger partial charge in [-0.2, -0.15) is 0 Å². The number of amides is 1. The van der Waals surface area contributed by atoms with Gasteiger partial charge in [0, 0.05) is 31.2 Å². The molecule has 18 heavy (non-hydrogen) atoms. The molecule has 1 amide bonds. The number of hydrogen-bond acceptors (Lipinski definition) is 2. The zero-order valence-electron chi connectivity index (χ0n) is 10.4. The van der Waals surface area contributed by atoms with Crippen LogP contribution in [0.1, 0.15) is 12.5 Å². The van der Waals surface area contributed by atoms with Crippen molar-refractivity contribution in [3.8, 4) is 0 Å². The molecule has 3 nitrogen and oxygen atoms in total. The Balaban J connectivity index is 2.75. The molecule has 100 valence electrons. The lowest BCUT2D eigenvalue weighted by Gasteiger charge is -2.19. The number of carbonyl (C=O) groups excluding carboxylic acids is 1.